The molecule has 2 amide bonds. The Labute approximate surface area is 285 Å². The minimum absolute atomic E-state index is 0.176. The maximum atomic E-state index is 12.3. The number of aromatic nitrogens is 3. The molecule has 0 radical (unpaired) electrons. The van der Waals surface area contributed by atoms with Gasteiger partial charge in [-0.05, 0) is 85.8 Å². The molecule has 0 spiro atoms. The first-order valence-electron chi connectivity index (χ1n) is 17.3. The molecular formula is C37H42N8O4. The molecule has 12 nitrogen and oxygen atoms in total. The lowest BCUT2D eigenvalue weighted by molar-refractivity contribution is -0.137. The van der Waals surface area contributed by atoms with Crippen LogP contribution >= 0.6 is 0 Å². The molecule has 4 aliphatic rings. The first-order valence-corrected chi connectivity index (χ1v) is 17.3. The highest BCUT2D eigenvalue weighted by Crippen LogP contribution is 2.31. The first-order chi connectivity index (χ1) is 23.9. The van der Waals surface area contributed by atoms with E-state index in [1.807, 2.05) is 49.4 Å². The number of carbonyl (C=O) groups is 2. The standard InChI is InChI=1S/C37H42N8O4/c1-24-18-27(10-13-38-24)39-34-7-4-32-31(40-34)5-8-35(41-32)45-22-30(23-45)49-28-11-14-43(15-12-28)16-17-48-29-3-2-25-20-44(21-26(25)19-29)33-6-9-36(46)42-37(33)47/h2-5,7-8,10,13,18-19,28,30,33H,6,9,11-12,14-17,20-23H2,1H3,(H,38,39,40)(H,42,46,47). The van der Waals surface area contributed by atoms with Crippen LogP contribution in [0.1, 0.15) is 42.5 Å². The van der Waals surface area contributed by atoms with Crippen molar-refractivity contribution in [3.8, 4) is 5.75 Å². The number of rotatable bonds is 10. The molecule has 7 heterocycles. The number of hydrogen-bond acceptors (Lipinski definition) is 11. The van der Waals surface area contributed by atoms with Crippen molar-refractivity contribution in [1.29, 1.82) is 0 Å². The summed E-state index contributed by atoms with van der Waals surface area (Å²) < 4.78 is 12.6. The minimum atomic E-state index is -0.245. The number of hydrogen-bond donors (Lipinski definition) is 2. The molecule has 3 saturated heterocycles. The smallest absolute Gasteiger partial charge is 0.243 e. The highest BCUT2D eigenvalue weighted by molar-refractivity contribution is 6.00. The Morgan fingerprint density at radius 1 is 0.898 bits per heavy atom. The number of amides is 2. The van der Waals surface area contributed by atoms with Crippen molar-refractivity contribution < 1.29 is 19.1 Å². The summed E-state index contributed by atoms with van der Waals surface area (Å²) in [5.41, 5.74) is 6.07. The maximum Gasteiger partial charge on any atom is 0.243 e. The molecule has 2 N–H and O–H groups in total. The molecule has 1 atom stereocenters. The van der Waals surface area contributed by atoms with E-state index in [1.165, 1.54) is 11.1 Å². The summed E-state index contributed by atoms with van der Waals surface area (Å²) in [4.78, 5) is 44.6. The number of anilines is 3. The number of imide groups is 1. The van der Waals surface area contributed by atoms with Crippen LogP contribution in [0.25, 0.3) is 11.0 Å². The Morgan fingerprint density at radius 3 is 2.55 bits per heavy atom. The predicted molar refractivity (Wildman–Crippen MR) is 186 cm³/mol. The van der Waals surface area contributed by atoms with Gasteiger partial charge in [-0.1, -0.05) is 6.07 Å². The van der Waals surface area contributed by atoms with Gasteiger partial charge in [0.2, 0.25) is 11.8 Å². The quantitative estimate of drug-likeness (QED) is 0.240. The van der Waals surface area contributed by atoms with Crippen LogP contribution in [-0.2, 0) is 27.4 Å². The lowest BCUT2D eigenvalue weighted by Gasteiger charge is -2.43. The molecule has 8 rings (SSSR count). The summed E-state index contributed by atoms with van der Waals surface area (Å²) in [7, 11) is 0. The zero-order chi connectivity index (χ0) is 33.3. The molecule has 1 unspecified atom stereocenters. The van der Waals surface area contributed by atoms with Crippen LogP contribution in [0.3, 0.4) is 0 Å². The van der Waals surface area contributed by atoms with Gasteiger partial charge in [-0.15, -0.1) is 0 Å². The van der Waals surface area contributed by atoms with Crippen LogP contribution in [0.2, 0.25) is 0 Å². The van der Waals surface area contributed by atoms with Gasteiger partial charge in [-0.2, -0.15) is 0 Å². The van der Waals surface area contributed by atoms with Gasteiger partial charge in [-0.3, -0.25) is 29.7 Å². The Hall–Kier alpha value is -4.65. The second-order valence-electron chi connectivity index (χ2n) is 13.6. The molecule has 0 aliphatic carbocycles. The summed E-state index contributed by atoms with van der Waals surface area (Å²) in [6, 6.07) is 18.0. The molecule has 1 aromatic carbocycles. The number of ether oxygens (including phenoxy) is 2. The summed E-state index contributed by atoms with van der Waals surface area (Å²) in [5, 5.41) is 5.82. The van der Waals surface area contributed by atoms with Gasteiger partial charge in [-0.25, -0.2) is 9.97 Å². The largest absolute Gasteiger partial charge is 0.492 e. The van der Waals surface area contributed by atoms with Crippen molar-refractivity contribution in [2.75, 3.05) is 49.5 Å². The highest BCUT2D eigenvalue weighted by Gasteiger charge is 2.35. The van der Waals surface area contributed by atoms with Gasteiger partial charge in [0, 0.05) is 69.8 Å². The summed E-state index contributed by atoms with van der Waals surface area (Å²) >= 11 is 0. The number of aryl methyl sites for hydroxylation is 1. The van der Waals surface area contributed by atoms with Gasteiger partial charge in [0.15, 0.2) is 0 Å². The van der Waals surface area contributed by atoms with Crippen LogP contribution in [-0.4, -0.2) is 94.1 Å². The highest BCUT2D eigenvalue weighted by atomic mass is 16.5. The van der Waals surface area contributed by atoms with Crippen molar-refractivity contribution in [2.45, 2.75) is 63.9 Å². The Kier molecular flexibility index (Phi) is 8.83. The van der Waals surface area contributed by atoms with Crippen LogP contribution in [0.15, 0.2) is 60.8 Å². The number of carbonyl (C=O) groups excluding carboxylic acids is 2. The fourth-order valence-corrected chi connectivity index (χ4v) is 7.30. The number of pyridine rings is 3. The Morgan fingerprint density at radius 2 is 1.71 bits per heavy atom. The van der Waals surface area contributed by atoms with Crippen molar-refractivity contribution in [3.05, 3.63) is 77.6 Å². The average Bonchev–Trinajstić information content (AvgIpc) is 3.50. The third-order valence-electron chi connectivity index (χ3n) is 10.0. The second kappa shape index (κ2) is 13.7. The molecular weight excluding hydrogens is 620 g/mol. The lowest BCUT2D eigenvalue weighted by Crippen LogP contribution is -2.54. The number of likely N-dealkylation sites (tertiary alicyclic amines) is 1. The summed E-state index contributed by atoms with van der Waals surface area (Å²) in [6.07, 6.45) is 5.35. The zero-order valence-electron chi connectivity index (χ0n) is 27.8. The van der Waals surface area contributed by atoms with Gasteiger partial charge in [0.25, 0.3) is 0 Å². The van der Waals surface area contributed by atoms with Crippen LogP contribution in [0.4, 0.5) is 17.3 Å². The van der Waals surface area contributed by atoms with E-state index in [1.54, 1.807) is 6.20 Å². The molecule has 12 heteroatoms. The minimum Gasteiger partial charge on any atom is -0.492 e. The average molecular weight is 663 g/mol. The number of fused-ring (bicyclic) bond motifs is 2. The van der Waals surface area contributed by atoms with Gasteiger partial charge >= 0.3 is 0 Å². The summed E-state index contributed by atoms with van der Waals surface area (Å²) in [6.45, 7) is 8.63. The molecule has 4 aromatic rings. The Bertz CT molecular complexity index is 1860. The van der Waals surface area contributed by atoms with Crippen molar-refractivity contribution in [1.82, 2.24) is 30.1 Å². The van der Waals surface area contributed by atoms with Crippen molar-refractivity contribution in [2.24, 2.45) is 0 Å². The molecule has 3 fully saturated rings. The monoisotopic (exact) mass is 662 g/mol. The normalized spacial score (nSPS) is 20.7. The molecule has 0 bridgehead atoms. The van der Waals surface area contributed by atoms with E-state index in [0.717, 1.165) is 91.9 Å². The van der Waals surface area contributed by atoms with Crippen molar-refractivity contribution in [3.63, 3.8) is 0 Å². The fourth-order valence-electron chi connectivity index (χ4n) is 7.30. The molecule has 3 aromatic heterocycles. The van der Waals surface area contributed by atoms with Crippen LogP contribution in [0, 0.1) is 6.92 Å². The van der Waals surface area contributed by atoms with Crippen LogP contribution in [0.5, 0.6) is 5.75 Å². The fraction of sp³-hybridized carbons (Fsp3) is 0.432. The zero-order valence-corrected chi connectivity index (χ0v) is 27.8. The Balaban J connectivity index is 0.743. The first kappa shape index (κ1) is 31.6. The van der Waals surface area contributed by atoms with Gasteiger partial charge < -0.3 is 19.7 Å². The molecule has 4 aliphatic heterocycles. The van der Waals surface area contributed by atoms with E-state index in [2.05, 4.69) is 42.5 Å². The van der Waals surface area contributed by atoms with Crippen LogP contribution < -0.4 is 20.3 Å². The lowest BCUT2D eigenvalue weighted by atomic mass is 10.0. The SMILES string of the molecule is Cc1cc(Nc2ccc3nc(N4CC(OC5CCN(CCOc6ccc7c(c6)CN(C6CCC(=O)NC6=O)C7)CC5)C4)ccc3n2)ccn1. The summed E-state index contributed by atoms with van der Waals surface area (Å²) in [5.74, 6) is 2.26. The number of nitrogens with one attached hydrogen (secondary N) is 2. The van der Waals surface area contributed by atoms with E-state index >= 15 is 0 Å². The third kappa shape index (κ3) is 7.22. The van der Waals surface area contributed by atoms with E-state index < -0.39 is 0 Å². The molecule has 49 heavy (non-hydrogen) atoms. The predicted octanol–water partition coefficient (Wildman–Crippen LogP) is 3.95. The molecule has 254 valence electrons. The van der Waals surface area contributed by atoms with Gasteiger partial charge in [0.1, 0.15) is 24.0 Å². The third-order valence-corrected chi connectivity index (χ3v) is 10.0. The van der Waals surface area contributed by atoms with E-state index in [-0.39, 0.29) is 30.1 Å². The van der Waals surface area contributed by atoms with E-state index in [9.17, 15) is 9.59 Å². The molecule has 0 saturated carbocycles. The maximum absolute atomic E-state index is 12.3. The number of nitrogens with zero attached hydrogens (tertiary/aromatic N) is 6. The van der Waals surface area contributed by atoms with Gasteiger partial charge in [0.05, 0.1) is 29.3 Å². The van der Waals surface area contributed by atoms with E-state index in [0.29, 0.717) is 26.0 Å². The van der Waals surface area contributed by atoms with E-state index in [4.69, 9.17) is 19.4 Å². The van der Waals surface area contributed by atoms with Crippen molar-refractivity contribution >= 4 is 40.2 Å². The number of benzene rings is 1. The second-order valence-corrected chi connectivity index (χ2v) is 13.6. The number of piperidine rings is 2. The topological polar surface area (TPSA) is 125 Å².